The largest absolute Gasteiger partial charge is 0.494 e. The second kappa shape index (κ2) is 9.97. The minimum Gasteiger partial charge on any atom is -0.494 e. The Balaban J connectivity index is 1.59. The van der Waals surface area contributed by atoms with Gasteiger partial charge in [0.2, 0.25) is 0 Å². The molecule has 1 amide bonds. The Morgan fingerprint density at radius 3 is 2.80 bits per heavy atom. The molecule has 0 bridgehead atoms. The number of ether oxygens (including phenoxy) is 1. The molecule has 0 aliphatic rings. The number of H-pyrrole nitrogens is 1. The predicted octanol–water partition coefficient (Wildman–Crippen LogP) is 3.93. The smallest absolute Gasteiger partial charge is 0.289 e. The summed E-state index contributed by atoms with van der Waals surface area (Å²) in [6, 6.07) is 15.0. The van der Waals surface area contributed by atoms with E-state index in [0.29, 0.717) is 17.9 Å². The zero-order chi connectivity index (χ0) is 21.3. The Kier molecular flexibility index (Phi) is 6.88. The standard InChI is InChI=1S/C21H21N5O4/c1-2-3-11-30-18-9-7-16(8-10-18)19-13-20(24-23-19)21(27)25-22-14-15-5-4-6-17(12-15)26(28)29/h4-10,12-14H,2-3,11H2,1H3,(H,23,24)(H,25,27)/b22-14+. The second-order valence-corrected chi connectivity index (χ2v) is 6.44. The molecule has 0 unspecified atom stereocenters. The number of nitro benzene ring substituents is 1. The highest BCUT2D eigenvalue weighted by atomic mass is 16.6. The van der Waals surface area contributed by atoms with Crippen LogP contribution in [-0.4, -0.2) is 33.8 Å². The summed E-state index contributed by atoms with van der Waals surface area (Å²) in [6.45, 7) is 2.79. The lowest BCUT2D eigenvalue weighted by Gasteiger charge is -2.05. The highest BCUT2D eigenvalue weighted by Crippen LogP contribution is 2.21. The van der Waals surface area contributed by atoms with Crippen molar-refractivity contribution in [2.45, 2.75) is 19.8 Å². The summed E-state index contributed by atoms with van der Waals surface area (Å²) >= 11 is 0. The van der Waals surface area contributed by atoms with E-state index in [4.69, 9.17) is 4.74 Å². The van der Waals surface area contributed by atoms with Gasteiger partial charge in [0.25, 0.3) is 11.6 Å². The molecule has 2 aromatic carbocycles. The third kappa shape index (κ3) is 5.51. The van der Waals surface area contributed by atoms with E-state index in [1.54, 1.807) is 18.2 Å². The minimum atomic E-state index is -0.494. The maximum atomic E-state index is 12.2. The average Bonchev–Trinajstić information content (AvgIpc) is 3.25. The van der Waals surface area contributed by atoms with Crippen molar-refractivity contribution >= 4 is 17.8 Å². The predicted molar refractivity (Wildman–Crippen MR) is 113 cm³/mol. The van der Waals surface area contributed by atoms with Gasteiger partial charge in [-0.15, -0.1) is 0 Å². The molecule has 0 fully saturated rings. The van der Waals surface area contributed by atoms with Gasteiger partial charge in [-0.2, -0.15) is 10.2 Å². The summed E-state index contributed by atoms with van der Waals surface area (Å²) in [5.74, 6) is 0.311. The molecule has 0 atom stereocenters. The number of aromatic amines is 1. The van der Waals surface area contributed by atoms with Crippen LogP contribution < -0.4 is 10.2 Å². The van der Waals surface area contributed by atoms with Gasteiger partial charge in [-0.25, -0.2) is 5.43 Å². The first-order valence-electron chi connectivity index (χ1n) is 9.43. The van der Waals surface area contributed by atoms with E-state index in [2.05, 4.69) is 27.6 Å². The zero-order valence-electron chi connectivity index (χ0n) is 16.4. The van der Waals surface area contributed by atoms with Crippen LogP contribution in [0.2, 0.25) is 0 Å². The van der Waals surface area contributed by atoms with Crippen molar-refractivity contribution in [2.24, 2.45) is 5.10 Å². The number of amides is 1. The maximum absolute atomic E-state index is 12.2. The van der Waals surface area contributed by atoms with Crippen molar-refractivity contribution < 1.29 is 14.5 Å². The SMILES string of the molecule is CCCCOc1ccc(-c2cc(C(=O)N/N=C/c3cccc([N+](=O)[O-])c3)[nH]n2)cc1. The van der Waals surface area contributed by atoms with E-state index in [0.717, 1.165) is 24.2 Å². The van der Waals surface area contributed by atoms with E-state index < -0.39 is 10.8 Å². The second-order valence-electron chi connectivity index (χ2n) is 6.44. The van der Waals surface area contributed by atoms with Gasteiger partial charge in [0.05, 0.1) is 23.4 Å². The Morgan fingerprint density at radius 1 is 1.27 bits per heavy atom. The molecule has 0 aliphatic carbocycles. The molecule has 1 aromatic heterocycles. The Morgan fingerprint density at radius 2 is 2.07 bits per heavy atom. The number of nitro groups is 1. The van der Waals surface area contributed by atoms with Gasteiger partial charge in [-0.05, 0) is 36.8 Å². The minimum absolute atomic E-state index is 0.0507. The number of nitrogens with zero attached hydrogens (tertiary/aromatic N) is 3. The van der Waals surface area contributed by atoms with Crippen molar-refractivity contribution in [3.8, 4) is 17.0 Å². The van der Waals surface area contributed by atoms with Crippen LogP contribution in [0.25, 0.3) is 11.3 Å². The first-order chi connectivity index (χ1) is 14.6. The molecule has 1 heterocycles. The summed E-state index contributed by atoms with van der Waals surface area (Å²) in [5, 5.41) is 21.5. The molecule has 3 rings (SSSR count). The molecule has 154 valence electrons. The topological polar surface area (TPSA) is 123 Å². The number of hydrogen-bond acceptors (Lipinski definition) is 6. The van der Waals surface area contributed by atoms with Crippen molar-refractivity contribution in [1.29, 1.82) is 0 Å². The first kappa shape index (κ1) is 20.7. The fraction of sp³-hybridized carbons (Fsp3) is 0.190. The molecule has 30 heavy (non-hydrogen) atoms. The molecular weight excluding hydrogens is 386 g/mol. The number of non-ortho nitro benzene ring substituents is 1. The Hall–Kier alpha value is -4.01. The summed E-state index contributed by atoms with van der Waals surface area (Å²) in [5.41, 5.74) is 4.51. The third-order valence-electron chi connectivity index (χ3n) is 4.20. The van der Waals surface area contributed by atoms with Gasteiger partial charge in [0, 0.05) is 23.3 Å². The van der Waals surface area contributed by atoms with Crippen molar-refractivity contribution in [3.63, 3.8) is 0 Å². The van der Waals surface area contributed by atoms with Crippen LogP contribution in [0, 0.1) is 10.1 Å². The number of unbranched alkanes of at least 4 members (excludes halogenated alkanes) is 1. The van der Waals surface area contributed by atoms with Crippen LogP contribution in [-0.2, 0) is 0 Å². The number of carbonyl (C=O) groups is 1. The molecule has 0 aliphatic heterocycles. The van der Waals surface area contributed by atoms with Gasteiger partial charge in [0.1, 0.15) is 11.4 Å². The molecule has 0 saturated carbocycles. The van der Waals surface area contributed by atoms with Crippen LogP contribution in [0.5, 0.6) is 5.75 Å². The summed E-state index contributed by atoms with van der Waals surface area (Å²) < 4.78 is 5.64. The molecule has 3 aromatic rings. The number of carbonyl (C=O) groups excluding carboxylic acids is 1. The first-order valence-corrected chi connectivity index (χ1v) is 9.43. The fourth-order valence-corrected chi connectivity index (χ4v) is 2.59. The molecule has 2 N–H and O–H groups in total. The number of rotatable bonds is 9. The average molecular weight is 407 g/mol. The van der Waals surface area contributed by atoms with E-state index in [9.17, 15) is 14.9 Å². The van der Waals surface area contributed by atoms with E-state index in [-0.39, 0.29) is 11.4 Å². The number of nitrogens with one attached hydrogen (secondary N) is 2. The van der Waals surface area contributed by atoms with Crippen molar-refractivity contribution in [2.75, 3.05) is 6.61 Å². The molecule has 0 saturated heterocycles. The number of hydrazone groups is 1. The van der Waals surface area contributed by atoms with Gasteiger partial charge in [-0.1, -0.05) is 25.5 Å². The lowest BCUT2D eigenvalue weighted by Crippen LogP contribution is -2.18. The van der Waals surface area contributed by atoms with Crippen LogP contribution in [0.4, 0.5) is 5.69 Å². The van der Waals surface area contributed by atoms with Gasteiger partial charge >= 0.3 is 0 Å². The van der Waals surface area contributed by atoms with Gasteiger partial charge < -0.3 is 4.74 Å². The zero-order valence-corrected chi connectivity index (χ0v) is 16.4. The molecule has 9 nitrogen and oxygen atoms in total. The number of aromatic nitrogens is 2. The maximum Gasteiger partial charge on any atom is 0.289 e. The quantitative estimate of drug-likeness (QED) is 0.241. The van der Waals surface area contributed by atoms with Gasteiger partial charge in [0.15, 0.2) is 0 Å². The fourth-order valence-electron chi connectivity index (χ4n) is 2.59. The molecule has 0 spiro atoms. The summed E-state index contributed by atoms with van der Waals surface area (Å²) in [7, 11) is 0. The number of hydrogen-bond donors (Lipinski definition) is 2. The van der Waals surface area contributed by atoms with E-state index in [1.165, 1.54) is 18.3 Å². The summed E-state index contributed by atoms with van der Waals surface area (Å²) in [4.78, 5) is 22.5. The summed E-state index contributed by atoms with van der Waals surface area (Å²) in [6.07, 6.45) is 3.41. The van der Waals surface area contributed by atoms with E-state index >= 15 is 0 Å². The molecular formula is C21H21N5O4. The van der Waals surface area contributed by atoms with Crippen LogP contribution in [0.15, 0.2) is 59.7 Å². The highest BCUT2D eigenvalue weighted by molar-refractivity contribution is 5.94. The van der Waals surface area contributed by atoms with Crippen LogP contribution in [0.1, 0.15) is 35.8 Å². The van der Waals surface area contributed by atoms with Crippen molar-refractivity contribution in [3.05, 3.63) is 76.0 Å². The number of benzene rings is 2. The third-order valence-corrected chi connectivity index (χ3v) is 4.20. The van der Waals surface area contributed by atoms with Crippen LogP contribution in [0.3, 0.4) is 0 Å². The highest BCUT2D eigenvalue weighted by Gasteiger charge is 2.11. The Labute approximate surface area is 172 Å². The van der Waals surface area contributed by atoms with Gasteiger partial charge in [-0.3, -0.25) is 20.0 Å². The van der Waals surface area contributed by atoms with Crippen LogP contribution >= 0.6 is 0 Å². The molecule has 9 heteroatoms. The Bertz CT molecular complexity index is 1040. The van der Waals surface area contributed by atoms with E-state index in [1.807, 2.05) is 24.3 Å². The molecule has 0 radical (unpaired) electrons. The lowest BCUT2D eigenvalue weighted by molar-refractivity contribution is -0.384. The normalized spacial score (nSPS) is 10.8. The van der Waals surface area contributed by atoms with Crippen molar-refractivity contribution in [1.82, 2.24) is 15.6 Å². The lowest BCUT2D eigenvalue weighted by atomic mass is 10.1. The monoisotopic (exact) mass is 407 g/mol.